The number of sulfonamides is 1. The van der Waals surface area contributed by atoms with Crippen molar-refractivity contribution in [1.29, 1.82) is 0 Å². The summed E-state index contributed by atoms with van der Waals surface area (Å²) in [7, 11) is -3.83. The predicted molar refractivity (Wildman–Crippen MR) is 90.0 cm³/mol. The molecule has 0 bridgehead atoms. The summed E-state index contributed by atoms with van der Waals surface area (Å²) >= 11 is 1.26. The molecule has 1 aliphatic carbocycles. The van der Waals surface area contributed by atoms with Gasteiger partial charge in [-0.2, -0.15) is 0 Å². The van der Waals surface area contributed by atoms with Gasteiger partial charge in [-0.25, -0.2) is 17.8 Å². The molecule has 0 radical (unpaired) electrons. The van der Waals surface area contributed by atoms with Crippen molar-refractivity contribution in [2.24, 2.45) is 0 Å². The molecule has 1 heterocycles. The molecular formula is C16H19FN2O2S2. The molecule has 0 atom stereocenters. The van der Waals surface area contributed by atoms with E-state index < -0.39 is 15.8 Å². The molecule has 0 saturated heterocycles. The van der Waals surface area contributed by atoms with Crippen LogP contribution >= 0.6 is 11.3 Å². The van der Waals surface area contributed by atoms with Gasteiger partial charge in [0.25, 0.3) is 10.0 Å². The van der Waals surface area contributed by atoms with Gasteiger partial charge in [-0.3, -0.25) is 4.72 Å². The van der Waals surface area contributed by atoms with E-state index in [9.17, 15) is 12.8 Å². The van der Waals surface area contributed by atoms with Crippen LogP contribution in [0.25, 0.3) is 0 Å². The molecule has 1 aromatic carbocycles. The van der Waals surface area contributed by atoms with E-state index in [4.69, 9.17) is 0 Å². The third kappa shape index (κ3) is 3.55. The summed E-state index contributed by atoms with van der Waals surface area (Å²) in [6, 6.07) is 4.03. The molecule has 23 heavy (non-hydrogen) atoms. The summed E-state index contributed by atoms with van der Waals surface area (Å²) in [5, 5.41) is 2.20. The van der Waals surface area contributed by atoms with Crippen molar-refractivity contribution >= 4 is 26.5 Å². The maximum absolute atomic E-state index is 14.2. The Morgan fingerprint density at radius 2 is 2.00 bits per heavy atom. The highest BCUT2D eigenvalue weighted by Gasteiger charge is 2.27. The maximum Gasteiger partial charge on any atom is 0.263 e. The van der Waals surface area contributed by atoms with Crippen LogP contribution in [0.15, 0.2) is 28.5 Å². The highest BCUT2D eigenvalue weighted by atomic mass is 32.2. The molecule has 0 amide bonds. The normalized spacial score (nSPS) is 15.7. The van der Waals surface area contributed by atoms with Crippen molar-refractivity contribution in [3.05, 3.63) is 40.7 Å². The van der Waals surface area contributed by atoms with Gasteiger partial charge in [0, 0.05) is 11.3 Å². The minimum absolute atomic E-state index is 0.0915. The Labute approximate surface area is 139 Å². The van der Waals surface area contributed by atoms with Crippen LogP contribution < -0.4 is 4.72 Å². The molecule has 1 aliphatic rings. The lowest BCUT2D eigenvalue weighted by Crippen LogP contribution is -2.16. The molecule has 7 heteroatoms. The summed E-state index contributed by atoms with van der Waals surface area (Å²) < 4.78 is 41.5. The lowest BCUT2D eigenvalue weighted by Gasteiger charge is -2.20. The molecule has 2 aromatic rings. The first-order chi connectivity index (χ1) is 10.7. The molecule has 4 nitrogen and oxygen atoms in total. The van der Waals surface area contributed by atoms with Crippen LogP contribution in [0.2, 0.25) is 0 Å². The summed E-state index contributed by atoms with van der Waals surface area (Å²) in [5.74, 6) is -0.0498. The Bertz CT molecular complexity index is 834. The standard InChI is InChI=1S/C16H19FN2O2S2/c1-16(2,3)12-7-6-11(8-13(12)17)23(20,21)19-15-18-14(9-22-15)10-4-5-10/h6-10H,4-5H2,1-3H3,(H,18,19). The van der Waals surface area contributed by atoms with Crippen molar-refractivity contribution in [3.8, 4) is 0 Å². The van der Waals surface area contributed by atoms with Gasteiger partial charge in [0.15, 0.2) is 5.13 Å². The first kappa shape index (κ1) is 16.4. The van der Waals surface area contributed by atoms with Crippen LogP contribution in [0.5, 0.6) is 0 Å². The minimum Gasteiger partial charge on any atom is -0.255 e. The van der Waals surface area contributed by atoms with Gasteiger partial charge in [-0.15, -0.1) is 11.3 Å². The topological polar surface area (TPSA) is 59.1 Å². The maximum atomic E-state index is 14.2. The number of aromatic nitrogens is 1. The summed E-state index contributed by atoms with van der Waals surface area (Å²) in [6.07, 6.45) is 2.21. The number of nitrogens with zero attached hydrogens (tertiary/aromatic N) is 1. The van der Waals surface area contributed by atoms with Crippen LogP contribution in [-0.4, -0.2) is 13.4 Å². The molecule has 1 N–H and O–H groups in total. The van der Waals surface area contributed by atoms with Crippen molar-refractivity contribution in [2.75, 3.05) is 4.72 Å². The SMILES string of the molecule is CC(C)(C)c1ccc(S(=O)(=O)Nc2nc(C3CC3)cs2)cc1F. The highest BCUT2D eigenvalue weighted by Crippen LogP contribution is 2.41. The fourth-order valence-electron chi connectivity index (χ4n) is 2.34. The van der Waals surface area contributed by atoms with E-state index in [0.717, 1.165) is 24.6 Å². The molecular weight excluding hydrogens is 335 g/mol. The largest absolute Gasteiger partial charge is 0.263 e. The zero-order valence-corrected chi connectivity index (χ0v) is 14.9. The first-order valence-corrected chi connectivity index (χ1v) is 9.81. The van der Waals surface area contributed by atoms with Gasteiger partial charge in [0.2, 0.25) is 0 Å². The lowest BCUT2D eigenvalue weighted by molar-refractivity contribution is 0.519. The van der Waals surface area contributed by atoms with Crippen molar-refractivity contribution in [3.63, 3.8) is 0 Å². The van der Waals surface area contributed by atoms with Gasteiger partial charge in [-0.1, -0.05) is 26.8 Å². The third-order valence-corrected chi connectivity index (χ3v) is 6.04. The van der Waals surface area contributed by atoms with E-state index in [1.54, 1.807) is 0 Å². The summed E-state index contributed by atoms with van der Waals surface area (Å²) in [6.45, 7) is 5.65. The van der Waals surface area contributed by atoms with Gasteiger partial charge < -0.3 is 0 Å². The van der Waals surface area contributed by atoms with Crippen LogP contribution in [0.1, 0.15) is 50.8 Å². The Morgan fingerprint density at radius 3 is 2.57 bits per heavy atom. The van der Waals surface area contributed by atoms with E-state index in [0.29, 0.717) is 16.6 Å². The van der Waals surface area contributed by atoms with E-state index in [1.165, 1.54) is 23.5 Å². The zero-order valence-electron chi connectivity index (χ0n) is 13.3. The van der Waals surface area contributed by atoms with Crippen molar-refractivity contribution in [1.82, 2.24) is 4.98 Å². The number of thiazole rings is 1. The lowest BCUT2D eigenvalue weighted by atomic mass is 9.87. The van der Waals surface area contributed by atoms with Gasteiger partial charge >= 0.3 is 0 Å². The smallest absolute Gasteiger partial charge is 0.255 e. The number of anilines is 1. The summed E-state index contributed by atoms with van der Waals surface area (Å²) in [4.78, 5) is 4.21. The molecule has 0 spiro atoms. The van der Waals surface area contributed by atoms with Crippen molar-refractivity contribution in [2.45, 2.75) is 49.8 Å². The monoisotopic (exact) mass is 354 g/mol. The third-order valence-electron chi connectivity index (χ3n) is 3.80. The van der Waals surface area contributed by atoms with E-state index >= 15 is 0 Å². The second-order valence-corrected chi connectivity index (χ2v) is 9.39. The fraction of sp³-hybridized carbons (Fsp3) is 0.438. The number of halogens is 1. The number of hydrogen-bond donors (Lipinski definition) is 1. The number of benzene rings is 1. The van der Waals surface area contributed by atoms with Gasteiger partial charge in [0.05, 0.1) is 10.6 Å². The molecule has 124 valence electrons. The molecule has 1 fully saturated rings. The Hall–Kier alpha value is -1.47. The van der Waals surface area contributed by atoms with Gasteiger partial charge in [0.1, 0.15) is 5.82 Å². The van der Waals surface area contributed by atoms with E-state index in [1.807, 2.05) is 26.2 Å². The van der Waals surface area contributed by atoms with E-state index in [2.05, 4.69) is 9.71 Å². The van der Waals surface area contributed by atoms with Crippen molar-refractivity contribution < 1.29 is 12.8 Å². The molecule has 0 unspecified atom stereocenters. The average Bonchev–Trinajstić information content (AvgIpc) is 3.18. The first-order valence-electron chi connectivity index (χ1n) is 7.45. The quantitative estimate of drug-likeness (QED) is 0.892. The summed E-state index contributed by atoms with van der Waals surface area (Å²) in [5.41, 5.74) is 1.04. The number of rotatable bonds is 4. The van der Waals surface area contributed by atoms with Crippen LogP contribution in [-0.2, 0) is 15.4 Å². The predicted octanol–water partition coefficient (Wildman–Crippen LogP) is 4.26. The molecule has 1 aromatic heterocycles. The fourth-order valence-corrected chi connectivity index (χ4v) is 4.40. The number of hydrogen-bond acceptors (Lipinski definition) is 4. The average molecular weight is 354 g/mol. The second kappa shape index (κ2) is 5.56. The number of nitrogens with one attached hydrogen (secondary N) is 1. The van der Waals surface area contributed by atoms with E-state index in [-0.39, 0.29) is 10.3 Å². The Kier molecular flexibility index (Phi) is 3.96. The molecule has 1 saturated carbocycles. The second-order valence-electron chi connectivity index (χ2n) is 6.85. The Balaban J connectivity index is 1.85. The highest BCUT2D eigenvalue weighted by molar-refractivity contribution is 7.93. The Morgan fingerprint density at radius 1 is 1.30 bits per heavy atom. The van der Waals surface area contributed by atoms with Crippen LogP contribution in [0.3, 0.4) is 0 Å². The molecule has 0 aliphatic heterocycles. The minimum atomic E-state index is -3.83. The molecule has 3 rings (SSSR count). The van der Waals surface area contributed by atoms with Gasteiger partial charge in [-0.05, 0) is 36.0 Å². The van der Waals surface area contributed by atoms with Crippen LogP contribution in [0.4, 0.5) is 9.52 Å². The zero-order chi connectivity index (χ0) is 16.8. The van der Waals surface area contributed by atoms with Crippen LogP contribution in [0, 0.1) is 5.82 Å².